The summed E-state index contributed by atoms with van der Waals surface area (Å²) in [5.41, 5.74) is 5.38. The maximum absolute atomic E-state index is 13.8. The molecule has 0 fully saturated rings. The predicted octanol–water partition coefficient (Wildman–Crippen LogP) is 4.23. The summed E-state index contributed by atoms with van der Waals surface area (Å²) in [4.78, 5) is 12.6. The smallest absolute Gasteiger partial charge is 0.350 e. The van der Waals surface area contributed by atoms with E-state index in [1.165, 1.54) is 6.07 Å². The fraction of sp³-hybridized carbons (Fsp3) is 0.267. The lowest BCUT2D eigenvalue weighted by Gasteiger charge is -2.18. The number of nitrogen functional groups attached to an aromatic ring is 1. The number of hydrogen-bond donors (Lipinski definition) is 1. The van der Waals surface area contributed by atoms with Gasteiger partial charge in [-0.1, -0.05) is 0 Å². The van der Waals surface area contributed by atoms with Gasteiger partial charge in [0.15, 0.2) is 0 Å². The highest BCUT2D eigenvalue weighted by molar-refractivity contribution is 7.18. The lowest BCUT2D eigenvalue weighted by Crippen LogP contribution is -2.23. The van der Waals surface area contributed by atoms with Gasteiger partial charge in [-0.25, -0.2) is 13.6 Å². The van der Waals surface area contributed by atoms with Crippen LogP contribution in [0.2, 0.25) is 0 Å². The fourth-order valence-corrected chi connectivity index (χ4v) is 2.68. The molecule has 3 nitrogen and oxygen atoms in total. The molecule has 0 atom stereocenters. The van der Waals surface area contributed by atoms with E-state index in [-0.39, 0.29) is 16.1 Å². The summed E-state index contributed by atoms with van der Waals surface area (Å²) >= 11 is 0.978. The molecule has 0 amide bonds. The molecule has 0 aliphatic heterocycles. The first-order valence-corrected chi connectivity index (χ1v) is 7.07. The molecule has 1 aromatic carbocycles. The van der Waals surface area contributed by atoms with Gasteiger partial charge in [0.2, 0.25) is 0 Å². The molecular formula is C15H15F2NO2S. The van der Waals surface area contributed by atoms with Gasteiger partial charge in [-0.3, -0.25) is 0 Å². The number of anilines is 1. The Morgan fingerprint density at radius 2 is 1.90 bits per heavy atom. The maximum Gasteiger partial charge on any atom is 0.350 e. The summed E-state index contributed by atoms with van der Waals surface area (Å²) in [5, 5.41) is 0. The van der Waals surface area contributed by atoms with Crippen LogP contribution in [0.5, 0.6) is 0 Å². The van der Waals surface area contributed by atoms with Crippen molar-refractivity contribution in [1.82, 2.24) is 0 Å². The summed E-state index contributed by atoms with van der Waals surface area (Å²) in [7, 11) is 0. The Morgan fingerprint density at radius 3 is 2.52 bits per heavy atom. The topological polar surface area (TPSA) is 52.3 Å². The van der Waals surface area contributed by atoms with E-state index in [0.29, 0.717) is 4.88 Å². The number of hydrogen-bond acceptors (Lipinski definition) is 4. The van der Waals surface area contributed by atoms with Crippen molar-refractivity contribution in [3.8, 4) is 10.4 Å². The molecule has 0 saturated heterocycles. The van der Waals surface area contributed by atoms with Crippen molar-refractivity contribution in [2.45, 2.75) is 26.4 Å². The van der Waals surface area contributed by atoms with Crippen LogP contribution in [0.25, 0.3) is 10.4 Å². The molecule has 0 bridgehead atoms. The van der Waals surface area contributed by atoms with E-state index in [1.54, 1.807) is 20.8 Å². The van der Waals surface area contributed by atoms with Gasteiger partial charge in [0.05, 0.1) is 5.69 Å². The van der Waals surface area contributed by atoms with Gasteiger partial charge in [0, 0.05) is 10.4 Å². The third-order valence-electron chi connectivity index (χ3n) is 2.54. The molecule has 112 valence electrons. The lowest BCUT2D eigenvalue weighted by molar-refractivity contribution is 0.00764. The summed E-state index contributed by atoms with van der Waals surface area (Å²) < 4.78 is 32.2. The number of carbonyl (C=O) groups is 1. The zero-order valence-electron chi connectivity index (χ0n) is 11.9. The van der Waals surface area contributed by atoms with E-state index in [1.807, 2.05) is 0 Å². The van der Waals surface area contributed by atoms with Crippen LogP contribution < -0.4 is 5.73 Å². The number of esters is 1. The number of halogens is 2. The van der Waals surface area contributed by atoms with Crippen molar-refractivity contribution >= 4 is 23.0 Å². The second-order valence-electron chi connectivity index (χ2n) is 5.52. The van der Waals surface area contributed by atoms with Crippen LogP contribution in [0, 0.1) is 11.6 Å². The maximum atomic E-state index is 13.8. The number of carbonyl (C=O) groups excluding carboxylic acids is 1. The zero-order chi connectivity index (χ0) is 15.8. The van der Waals surface area contributed by atoms with E-state index < -0.39 is 23.2 Å². The van der Waals surface area contributed by atoms with Gasteiger partial charge in [-0.15, -0.1) is 11.3 Å². The molecule has 2 rings (SSSR count). The van der Waals surface area contributed by atoms with E-state index in [9.17, 15) is 13.6 Å². The summed E-state index contributed by atoms with van der Waals surface area (Å²) in [6, 6.07) is 4.58. The highest BCUT2D eigenvalue weighted by atomic mass is 32.1. The van der Waals surface area contributed by atoms with E-state index in [0.717, 1.165) is 29.5 Å². The van der Waals surface area contributed by atoms with Crippen LogP contribution in [0.3, 0.4) is 0 Å². The second-order valence-corrected chi connectivity index (χ2v) is 6.57. The molecule has 0 spiro atoms. The van der Waals surface area contributed by atoms with Crippen LogP contribution in [0.4, 0.5) is 14.5 Å². The average Bonchev–Trinajstić information content (AvgIpc) is 2.72. The SMILES string of the molecule is CC(C)(C)OC(=O)c1sc(-c2cc(F)ccc2F)cc1N. The molecule has 2 aromatic rings. The quantitative estimate of drug-likeness (QED) is 0.844. The Balaban J connectivity index is 2.39. The van der Waals surface area contributed by atoms with Crippen LogP contribution in [0.1, 0.15) is 30.4 Å². The van der Waals surface area contributed by atoms with E-state index in [4.69, 9.17) is 10.5 Å². The average molecular weight is 311 g/mol. The minimum atomic E-state index is -0.655. The van der Waals surface area contributed by atoms with Gasteiger partial charge >= 0.3 is 5.97 Å². The minimum Gasteiger partial charge on any atom is -0.456 e. The summed E-state index contributed by atoms with van der Waals surface area (Å²) in [5.74, 6) is -1.71. The third-order valence-corrected chi connectivity index (χ3v) is 3.70. The highest BCUT2D eigenvalue weighted by Crippen LogP contribution is 2.35. The molecule has 6 heteroatoms. The minimum absolute atomic E-state index is 0.0708. The highest BCUT2D eigenvalue weighted by Gasteiger charge is 2.23. The van der Waals surface area contributed by atoms with Crippen molar-refractivity contribution in [3.05, 3.63) is 40.8 Å². The van der Waals surface area contributed by atoms with Crippen molar-refractivity contribution < 1.29 is 18.3 Å². The van der Waals surface area contributed by atoms with Crippen LogP contribution in [-0.4, -0.2) is 11.6 Å². The van der Waals surface area contributed by atoms with E-state index in [2.05, 4.69) is 0 Å². The Bertz CT molecular complexity index is 689. The largest absolute Gasteiger partial charge is 0.456 e. The first-order chi connectivity index (χ1) is 9.67. The van der Waals surface area contributed by atoms with Crippen molar-refractivity contribution in [1.29, 1.82) is 0 Å². The standard InChI is InChI=1S/C15H15F2NO2S/c1-15(2,3)20-14(19)13-11(18)7-12(21-13)9-6-8(16)4-5-10(9)17/h4-7H,18H2,1-3H3. The molecule has 0 unspecified atom stereocenters. The first-order valence-electron chi connectivity index (χ1n) is 6.25. The first kappa shape index (κ1) is 15.4. The lowest BCUT2D eigenvalue weighted by atomic mass is 10.1. The second kappa shape index (κ2) is 5.44. The van der Waals surface area contributed by atoms with Gasteiger partial charge < -0.3 is 10.5 Å². The Labute approximate surface area is 125 Å². The Morgan fingerprint density at radius 1 is 1.24 bits per heavy atom. The summed E-state index contributed by atoms with van der Waals surface area (Å²) in [6.07, 6.45) is 0. The van der Waals surface area contributed by atoms with Crippen molar-refractivity contribution in [2.75, 3.05) is 5.73 Å². The van der Waals surface area contributed by atoms with Crippen LogP contribution in [0.15, 0.2) is 24.3 Å². The summed E-state index contributed by atoms with van der Waals surface area (Å²) in [6.45, 7) is 5.21. The van der Waals surface area contributed by atoms with Crippen LogP contribution in [-0.2, 0) is 4.74 Å². The number of nitrogens with two attached hydrogens (primary N) is 1. The van der Waals surface area contributed by atoms with Gasteiger partial charge in [-0.2, -0.15) is 0 Å². The molecule has 1 heterocycles. The monoisotopic (exact) mass is 311 g/mol. The molecule has 0 saturated carbocycles. The van der Waals surface area contributed by atoms with Crippen LogP contribution >= 0.6 is 11.3 Å². The van der Waals surface area contributed by atoms with Gasteiger partial charge in [0.25, 0.3) is 0 Å². The molecule has 0 aliphatic rings. The number of benzene rings is 1. The number of ether oxygens (including phenoxy) is 1. The molecule has 21 heavy (non-hydrogen) atoms. The molecule has 1 aromatic heterocycles. The van der Waals surface area contributed by atoms with Crippen molar-refractivity contribution in [2.24, 2.45) is 0 Å². The zero-order valence-corrected chi connectivity index (χ0v) is 12.7. The Kier molecular flexibility index (Phi) is 4.00. The van der Waals surface area contributed by atoms with Crippen molar-refractivity contribution in [3.63, 3.8) is 0 Å². The Hall–Kier alpha value is -1.95. The molecular weight excluding hydrogens is 296 g/mol. The van der Waals surface area contributed by atoms with Gasteiger partial charge in [0.1, 0.15) is 22.1 Å². The third kappa shape index (κ3) is 3.58. The van der Waals surface area contributed by atoms with Gasteiger partial charge in [-0.05, 0) is 45.0 Å². The normalized spacial score (nSPS) is 11.5. The number of thiophene rings is 1. The molecule has 0 radical (unpaired) electrons. The number of rotatable bonds is 2. The molecule has 0 aliphatic carbocycles. The predicted molar refractivity (Wildman–Crippen MR) is 79.3 cm³/mol. The molecule has 2 N–H and O–H groups in total. The van der Waals surface area contributed by atoms with E-state index >= 15 is 0 Å². The fourth-order valence-electron chi connectivity index (χ4n) is 1.71.